The molecule has 19 heavy (non-hydrogen) atoms. The fraction of sp³-hybridized carbons (Fsp3) is 0.467. The van der Waals surface area contributed by atoms with Gasteiger partial charge in [-0.25, -0.2) is 4.98 Å². The quantitative estimate of drug-likeness (QED) is 0.843. The minimum absolute atomic E-state index is 0.154. The highest BCUT2D eigenvalue weighted by atomic mass is 16.1. The smallest absolute Gasteiger partial charge is 0.270 e. The van der Waals surface area contributed by atoms with E-state index in [0.717, 1.165) is 24.7 Å². The summed E-state index contributed by atoms with van der Waals surface area (Å²) in [6.07, 6.45) is 5.97. The molecule has 1 N–H and O–H groups in total. The topological polar surface area (TPSA) is 45.2 Å². The summed E-state index contributed by atoms with van der Waals surface area (Å²) in [5.41, 5.74) is 1.56. The molecule has 4 heteroatoms. The molecule has 2 heterocycles. The number of nitrogens with zero attached hydrogens (tertiary/aromatic N) is 2. The maximum absolute atomic E-state index is 11.7. The van der Waals surface area contributed by atoms with Crippen molar-refractivity contribution in [2.24, 2.45) is 5.92 Å². The van der Waals surface area contributed by atoms with Gasteiger partial charge in [-0.1, -0.05) is 13.0 Å². The molecule has 1 amide bonds. The standard InChI is InChI=1S/C15H21N3O/c1-3-8-16-15(19)14-7-6-13(10-17-14)18-9-4-5-12(2)11-18/h3,6-7,10,12H,1,4-5,8-9,11H2,2H3,(H,16,19). The van der Waals surface area contributed by atoms with E-state index in [2.05, 4.69) is 28.7 Å². The molecule has 1 aromatic rings. The lowest BCUT2D eigenvalue weighted by molar-refractivity contribution is 0.0953. The van der Waals surface area contributed by atoms with Crippen molar-refractivity contribution >= 4 is 11.6 Å². The Balaban J connectivity index is 2.01. The third-order valence-electron chi connectivity index (χ3n) is 3.41. The molecular formula is C15H21N3O. The molecule has 1 saturated heterocycles. The van der Waals surface area contributed by atoms with Gasteiger partial charge >= 0.3 is 0 Å². The first-order valence-corrected chi connectivity index (χ1v) is 6.81. The molecule has 0 aliphatic carbocycles. The van der Waals surface area contributed by atoms with Gasteiger partial charge in [0.1, 0.15) is 5.69 Å². The van der Waals surface area contributed by atoms with Gasteiger partial charge in [-0.15, -0.1) is 6.58 Å². The second kappa shape index (κ2) is 6.36. The highest BCUT2D eigenvalue weighted by Gasteiger charge is 2.17. The van der Waals surface area contributed by atoms with Crippen LogP contribution in [0.2, 0.25) is 0 Å². The monoisotopic (exact) mass is 259 g/mol. The second-order valence-electron chi connectivity index (χ2n) is 5.09. The number of hydrogen-bond donors (Lipinski definition) is 1. The lowest BCUT2D eigenvalue weighted by Gasteiger charge is -2.32. The van der Waals surface area contributed by atoms with Crippen molar-refractivity contribution < 1.29 is 4.79 Å². The fourth-order valence-electron chi connectivity index (χ4n) is 2.39. The molecule has 2 rings (SSSR count). The van der Waals surface area contributed by atoms with Gasteiger partial charge in [0.25, 0.3) is 5.91 Å². The summed E-state index contributed by atoms with van der Waals surface area (Å²) in [7, 11) is 0. The number of nitrogens with one attached hydrogen (secondary N) is 1. The number of rotatable bonds is 4. The van der Waals surface area contributed by atoms with Crippen molar-refractivity contribution in [2.45, 2.75) is 19.8 Å². The molecule has 0 saturated carbocycles. The number of carbonyl (C=O) groups excluding carboxylic acids is 1. The van der Waals surface area contributed by atoms with Crippen LogP contribution < -0.4 is 10.2 Å². The van der Waals surface area contributed by atoms with Crippen LogP contribution in [0.3, 0.4) is 0 Å². The molecule has 4 nitrogen and oxygen atoms in total. The van der Waals surface area contributed by atoms with Crippen LogP contribution in [-0.2, 0) is 0 Å². The minimum Gasteiger partial charge on any atom is -0.370 e. The Kier molecular flexibility index (Phi) is 4.55. The van der Waals surface area contributed by atoms with Crippen molar-refractivity contribution in [1.82, 2.24) is 10.3 Å². The molecule has 1 aromatic heterocycles. The third kappa shape index (κ3) is 3.56. The van der Waals surface area contributed by atoms with E-state index < -0.39 is 0 Å². The zero-order valence-electron chi connectivity index (χ0n) is 11.4. The zero-order chi connectivity index (χ0) is 13.7. The summed E-state index contributed by atoms with van der Waals surface area (Å²) >= 11 is 0. The second-order valence-corrected chi connectivity index (χ2v) is 5.09. The Bertz CT molecular complexity index is 441. The van der Waals surface area contributed by atoms with Crippen molar-refractivity contribution in [2.75, 3.05) is 24.5 Å². The maximum atomic E-state index is 11.7. The Labute approximate surface area is 114 Å². The number of aromatic nitrogens is 1. The van der Waals surface area contributed by atoms with E-state index in [-0.39, 0.29) is 5.91 Å². The normalized spacial score (nSPS) is 19.0. The van der Waals surface area contributed by atoms with Crippen LogP contribution in [0.15, 0.2) is 31.0 Å². The van der Waals surface area contributed by atoms with E-state index >= 15 is 0 Å². The fourth-order valence-corrected chi connectivity index (χ4v) is 2.39. The predicted octanol–water partition coefficient (Wildman–Crippen LogP) is 2.23. The van der Waals surface area contributed by atoms with E-state index in [1.165, 1.54) is 12.8 Å². The van der Waals surface area contributed by atoms with Crippen LogP contribution in [0.5, 0.6) is 0 Å². The van der Waals surface area contributed by atoms with E-state index in [1.807, 2.05) is 6.07 Å². The number of amides is 1. The molecule has 0 radical (unpaired) electrons. The Morgan fingerprint density at radius 1 is 1.63 bits per heavy atom. The van der Waals surface area contributed by atoms with E-state index in [4.69, 9.17) is 0 Å². The first-order chi connectivity index (χ1) is 9.20. The summed E-state index contributed by atoms with van der Waals surface area (Å²) in [5, 5.41) is 2.72. The van der Waals surface area contributed by atoms with Gasteiger partial charge in [0.15, 0.2) is 0 Å². The largest absolute Gasteiger partial charge is 0.370 e. The molecule has 1 unspecified atom stereocenters. The molecule has 0 bridgehead atoms. The summed E-state index contributed by atoms with van der Waals surface area (Å²) in [6.45, 7) is 8.46. The molecular weight excluding hydrogens is 238 g/mol. The van der Waals surface area contributed by atoms with Crippen LogP contribution in [0.25, 0.3) is 0 Å². The molecule has 0 aromatic carbocycles. The lowest BCUT2D eigenvalue weighted by Crippen LogP contribution is -2.34. The van der Waals surface area contributed by atoms with Crippen LogP contribution >= 0.6 is 0 Å². The van der Waals surface area contributed by atoms with E-state index in [1.54, 1.807) is 18.3 Å². The average Bonchev–Trinajstić information content (AvgIpc) is 2.45. The molecule has 1 aliphatic rings. The summed E-state index contributed by atoms with van der Waals surface area (Å²) < 4.78 is 0. The summed E-state index contributed by atoms with van der Waals surface area (Å²) in [5.74, 6) is 0.572. The lowest BCUT2D eigenvalue weighted by atomic mass is 10.00. The molecule has 102 valence electrons. The van der Waals surface area contributed by atoms with Gasteiger partial charge in [0, 0.05) is 19.6 Å². The molecule has 1 fully saturated rings. The minimum atomic E-state index is -0.154. The highest BCUT2D eigenvalue weighted by Crippen LogP contribution is 2.22. The van der Waals surface area contributed by atoms with Crippen molar-refractivity contribution in [1.29, 1.82) is 0 Å². The maximum Gasteiger partial charge on any atom is 0.270 e. The average molecular weight is 259 g/mol. The third-order valence-corrected chi connectivity index (χ3v) is 3.41. The Morgan fingerprint density at radius 2 is 2.47 bits per heavy atom. The van der Waals surface area contributed by atoms with Crippen molar-refractivity contribution in [3.63, 3.8) is 0 Å². The van der Waals surface area contributed by atoms with Gasteiger partial charge in [0.2, 0.25) is 0 Å². The zero-order valence-corrected chi connectivity index (χ0v) is 11.4. The van der Waals surface area contributed by atoms with Gasteiger partial charge in [-0.2, -0.15) is 0 Å². The van der Waals surface area contributed by atoms with Gasteiger partial charge in [-0.05, 0) is 30.9 Å². The molecule has 1 aliphatic heterocycles. The highest BCUT2D eigenvalue weighted by molar-refractivity contribution is 5.92. The first kappa shape index (κ1) is 13.6. The Hall–Kier alpha value is -1.84. The first-order valence-electron chi connectivity index (χ1n) is 6.81. The number of carbonyl (C=O) groups is 1. The van der Waals surface area contributed by atoms with Gasteiger partial charge in [-0.3, -0.25) is 4.79 Å². The van der Waals surface area contributed by atoms with Crippen LogP contribution in [0, 0.1) is 5.92 Å². The SMILES string of the molecule is C=CCNC(=O)c1ccc(N2CCCC(C)C2)cn1. The number of pyridine rings is 1. The molecule has 0 spiro atoms. The van der Waals surface area contributed by atoms with Crippen LogP contribution in [0.4, 0.5) is 5.69 Å². The van der Waals surface area contributed by atoms with Crippen LogP contribution in [0.1, 0.15) is 30.3 Å². The Morgan fingerprint density at radius 3 is 3.11 bits per heavy atom. The molecule has 1 atom stereocenters. The van der Waals surface area contributed by atoms with E-state index in [0.29, 0.717) is 12.2 Å². The summed E-state index contributed by atoms with van der Waals surface area (Å²) in [4.78, 5) is 18.3. The number of anilines is 1. The number of hydrogen-bond acceptors (Lipinski definition) is 3. The van der Waals surface area contributed by atoms with Gasteiger partial charge < -0.3 is 10.2 Å². The summed E-state index contributed by atoms with van der Waals surface area (Å²) in [6, 6.07) is 3.76. The van der Waals surface area contributed by atoms with Crippen molar-refractivity contribution in [3.8, 4) is 0 Å². The number of piperidine rings is 1. The predicted molar refractivity (Wildman–Crippen MR) is 77.4 cm³/mol. The van der Waals surface area contributed by atoms with Crippen LogP contribution in [-0.4, -0.2) is 30.5 Å². The van der Waals surface area contributed by atoms with E-state index in [9.17, 15) is 4.79 Å². The van der Waals surface area contributed by atoms with Crippen molar-refractivity contribution in [3.05, 3.63) is 36.7 Å². The van der Waals surface area contributed by atoms with Gasteiger partial charge in [0.05, 0.1) is 11.9 Å².